The van der Waals surface area contributed by atoms with Crippen LogP contribution in [0.1, 0.15) is 12.5 Å². The number of benzene rings is 2. The van der Waals surface area contributed by atoms with Crippen molar-refractivity contribution in [3.63, 3.8) is 0 Å². The summed E-state index contributed by atoms with van der Waals surface area (Å²) in [7, 11) is 0. The molecule has 2 N–H and O–H groups in total. The van der Waals surface area contributed by atoms with Crippen molar-refractivity contribution in [1.29, 1.82) is 0 Å². The Morgan fingerprint density at radius 2 is 1.66 bits per heavy atom. The van der Waals surface area contributed by atoms with Crippen LogP contribution in [0.3, 0.4) is 0 Å². The fourth-order valence-electron chi connectivity index (χ4n) is 3.85. The van der Waals surface area contributed by atoms with Crippen LogP contribution in [0.5, 0.6) is 5.88 Å². The van der Waals surface area contributed by atoms with Crippen molar-refractivity contribution < 1.29 is 9.53 Å². The maximum absolute atomic E-state index is 13.3. The van der Waals surface area contributed by atoms with Crippen LogP contribution in [0.2, 0.25) is 0 Å². The molecule has 0 unspecified atom stereocenters. The second kappa shape index (κ2) is 9.63. The summed E-state index contributed by atoms with van der Waals surface area (Å²) < 4.78 is 10.0. The summed E-state index contributed by atoms with van der Waals surface area (Å²) in [5, 5.41) is 10.5. The molecule has 9 heteroatoms. The Kier molecular flexibility index (Phi) is 6.24. The highest BCUT2D eigenvalue weighted by Gasteiger charge is 2.22. The number of para-hydroxylation sites is 1. The summed E-state index contributed by atoms with van der Waals surface area (Å²) in [5.74, 6) is 1.54. The Balaban J connectivity index is 1.53. The van der Waals surface area contributed by atoms with Crippen LogP contribution in [0.15, 0.2) is 83.5 Å². The van der Waals surface area contributed by atoms with Crippen LogP contribution < -0.4 is 15.4 Å². The number of ether oxygens (including phenoxy) is 1. The molecule has 3 heterocycles. The number of carbonyl (C=O) groups is 1. The van der Waals surface area contributed by atoms with E-state index in [1.807, 2.05) is 97.2 Å². The highest BCUT2D eigenvalue weighted by atomic mass is 79.9. The van der Waals surface area contributed by atoms with Gasteiger partial charge >= 0.3 is 6.03 Å². The number of nitrogens with one attached hydrogen (secondary N) is 2. The summed E-state index contributed by atoms with van der Waals surface area (Å²) in [6.07, 6.45) is 1.86. The molecule has 0 aliphatic carbocycles. The van der Waals surface area contributed by atoms with E-state index in [2.05, 4.69) is 31.7 Å². The van der Waals surface area contributed by atoms with Gasteiger partial charge in [0.1, 0.15) is 17.3 Å². The minimum Gasteiger partial charge on any atom is -0.477 e. The third-order valence-electron chi connectivity index (χ3n) is 5.47. The first-order valence-electron chi connectivity index (χ1n) is 11.1. The van der Waals surface area contributed by atoms with Crippen molar-refractivity contribution in [2.24, 2.45) is 0 Å². The number of halogens is 1. The summed E-state index contributed by atoms with van der Waals surface area (Å²) in [5.41, 5.74) is 3.79. The molecule has 0 spiro atoms. The third kappa shape index (κ3) is 4.38. The normalized spacial score (nSPS) is 10.9. The third-order valence-corrected chi connectivity index (χ3v) is 6.09. The van der Waals surface area contributed by atoms with Crippen LogP contribution in [-0.4, -0.2) is 31.8 Å². The van der Waals surface area contributed by atoms with Gasteiger partial charge in [0.15, 0.2) is 5.65 Å². The molecule has 0 aliphatic heterocycles. The predicted octanol–water partition coefficient (Wildman–Crippen LogP) is 6.30. The fourth-order valence-corrected chi connectivity index (χ4v) is 4.28. The summed E-state index contributed by atoms with van der Waals surface area (Å²) >= 11 is 3.56. The number of nitrogens with zero attached hydrogens (tertiary/aromatic N) is 4. The first-order valence-corrected chi connectivity index (χ1v) is 11.9. The van der Waals surface area contributed by atoms with Gasteiger partial charge in [0.05, 0.1) is 22.3 Å². The molecule has 0 fully saturated rings. The molecule has 0 atom stereocenters. The van der Waals surface area contributed by atoms with Gasteiger partial charge in [0.25, 0.3) is 0 Å². The standard InChI is InChI=1S/C26H23BrN6O2/c1-3-35-25-17(2)22(33(31-25)19-13-8-5-9-14-19)29-26(34)30-24-21(18-11-6-4-7-12-18)28-23-20(27)15-10-16-32(23)24/h4-16H,3H2,1-2H3,(H2,29,30,34). The molecule has 5 rings (SSSR count). The number of hydrogen-bond donors (Lipinski definition) is 2. The van der Waals surface area contributed by atoms with Crippen LogP contribution in [0.4, 0.5) is 16.4 Å². The molecule has 3 aromatic heterocycles. The van der Waals surface area contributed by atoms with Gasteiger partial charge < -0.3 is 4.74 Å². The topological polar surface area (TPSA) is 85.5 Å². The number of hydrogen-bond acceptors (Lipinski definition) is 4. The van der Waals surface area contributed by atoms with Crippen molar-refractivity contribution in [2.45, 2.75) is 13.8 Å². The zero-order valence-corrected chi connectivity index (χ0v) is 20.8. The number of anilines is 2. The number of amides is 2. The van der Waals surface area contributed by atoms with Crippen molar-refractivity contribution in [2.75, 3.05) is 17.2 Å². The van der Waals surface area contributed by atoms with Crippen molar-refractivity contribution in [3.05, 3.63) is 89.0 Å². The lowest BCUT2D eigenvalue weighted by molar-refractivity contribution is 0.262. The number of aromatic nitrogens is 4. The van der Waals surface area contributed by atoms with Gasteiger partial charge in [-0.05, 0) is 54.0 Å². The van der Waals surface area contributed by atoms with E-state index in [9.17, 15) is 4.79 Å². The van der Waals surface area contributed by atoms with Gasteiger partial charge in [-0.15, -0.1) is 5.10 Å². The van der Waals surface area contributed by atoms with Gasteiger partial charge in [-0.3, -0.25) is 15.0 Å². The predicted molar refractivity (Wildman–Crippen MR) is 140 cm³/mol. The van der Waals surface area contributed by atoms with E-state index in [0.717, 1.165) is 21.3 Å². The molecule has 8 nitrogen and oxygen atoms in total. The molecule has 5 aromatic rings. The molecule has 0 aliphatic rings. The van der Waals surface area contributed by atoms with Gasteiger partial charge in [-0.1, -0.05) is 48.5 Å². The average Bonchev–Trinajstić information content (AvgIpc) is 3.39. The Morgan fingerprint density at radius 3 is 2.37 bits per heavy atom. The smallest absolute Gasteiger partial charge is 0.326 e. The maximum Gasteiger partial charge on any atom is 0.326 e. The number of rotatable bonds is 6. The minimum atomic E-state index is -0.424. The van der Waals surface area contributed by atoms with Crippen molar-refractivity contribution in [1.82, 2.24) is 19.2 Å². The molecule has 35 heavy (non-hydrogen) atoms. The van der Waals surface area contributed by atoms with Gasteiger partial charge in [-0.25, -0.2) is 14.5 Å². The van der Waals surface area contributed by atoms with E-state index in [0.29, 0.717) is 35.5 Å². The molecule has 0 radical (unpaired) electrons. The number of pyridine rings is 1. The van der Waals surface area contributed by atoms with Crippen LogP contribution in [0.25, 0.3) is 22.6 Å². The molecular formula is C26H23BrN6O2. The zero-order chi connectivity index (χ0) is 24.4. The van der Waals surface area contributed by atoms with Crippen LogP contribution >= 0.6 is 15.9 Å². The number of carbonyl (C=O) groups excluding carboxylic acids is 1. The highest BCUT2D eigenvalue weighted by Crippen LogP contribution is 2.32. The lowest BCUT2D eigenvalue weighted by atomic mass is 10.1. The molecule has 0 saturated heterocycles. The van der Waals surface area contributed by atoms with Crippen molar-refractivity contribution in [3.8, 4) is 22.8 Å². The summed E-state index contributed by atoms with van der Waals surface area (Å²) in [6, 6.07) is 22.7. The van der Waals surface area contributed by atoms with E-state index < -0.39 is 6.03 Å². The molecule has 2 aromatic carbocycles. The van der Waals surface area contributed by atoms with Crippen LogP contribution in [-0.2, 0) is 0 Å². The SMILES string of the molecule is CCOc1nn(-c2ccccc2)c(NC(=O)Nc2c(-c3ccccc3)nc3c(Br)cccn23)c1C. The van der Waals surface area contributed by atoms with Crippen LogP contribution in [0, 0.1) is 6.92 Å². The maximum atomic E-state index is 13.3. The van der Waals surface area contributed by atoms with Crippen molar-refractivity contribution >= 4 is 39.2 Å². The zero-order valence-electron chi connectivity index (χ0n) is 19.2. The second-order valence-electron chi connectivity index (χ2n) is 7.76. The Hall–Kier alpha value is -4.11. The fraction of sp³-hybridized carbons (Fsp3) is 0.115. The largest absolute Gasteiger partial charge is 0.477 e. The number of urea groups is 1. The van der Waals surface area contributed by atoms with E-state index in [-0.39, 0.29) is 0 Å². The Labute approximate surface area is 210 Å². The molecular weight excluding hydrogens is 508 g/mol. The second-order valence-corrected chi connectivity index (χ2v) is 8.62. The number of imidazole rings is 1. The summed E-state index contributed by atoms with van der Waals surface area (Å²) in [4.78, 5) is 18.1. The first-order chi connectivity index (χ1) is 17.1. The Morgan fingerprint density at radius 1 is 0.971 bits per heavy atom. The van der Waals surface area contributed by atoms with Gasteiger partial charge in [0.2, 0.25) is 5.88 Å². The van der Waals surface area contributed by atoms with Gasteiger partial charge in [0, 0.05) is 11.8 Å². The lowest BCUT2D eigenvalue weighted by Crippen LogP contribution is -2.23. The quantitative estimate of drug-likeness (QED) is 0.269. The molecule has 0 saturated carbocycles. The monoisotopic (exact) mass is 530 g/mol. The molecule has 0 bridgehead atoms. The minimum absolute atomic E-state index is 0.424. The highest BCUT2D eigenvalue weighted by molar-refractivity contribution is 9.10. The number of fused-ring (bicyclic) bond motifs is 1. The Bertz CT molecular complexity index is 1500. The first kappa shape index (κ1) is 22.7. The van der Waals surface area contributed by atoms with E-state index in [4.69, 9.17) is 9.72 Å². The van der Waals surface area contributed by atoms with E-state index in [1.165, 1.54) is 0 Å². The molecule has 2 amide bonds. The van der Waals surface area contributed by atoms with E-state index >= 15 is 0 Å². The lowest BCUT2D eigenvalue weighted by Gasteiger charge is -2.12. The van der Waals surface area contributed by atoms with E-state index in [1.54, 1.807) is 4.68 Å². The summed E-state index contributed by atoms with van der Waals surface area (Å²) in [6.45, 7) is 4.23. The average molecular weight is 531 g/mol. The molecule has 176 valence electrons. The van der Waals surface area contributed by atoms with Gasteiger partial charge in [-0.2, -0.15) is 0 Å².